The van der Waals surface area contributed by atoms with Gasteiger partial charge in [0.25, 0.3) is 11.8 Å². The molecule has 0 aliphatic rings. The number of primary amides is 1. The summed E-state index contributed by atoms with van der Waals surface area (Å²) in [6.45, 7) is 3.68. The Labute approximate surface area is 137 Å². The van der Waals surface area contributed by atoms with Gasteiger partial charge in [-0.3, -0.25) is 20.4 Å². The normalized spacial score (nSPS) is 12.9. The molecule has 0 bridgehead atoms. The zero-order valence-corrected chi connectivity index (χ0v) is 13.9. The van der Waals surface area contributed by atoms with E-state index >= 15 is 0 Å². The molecule has 1 rings (SSSR count). The van der Waals surface area contributed by atoms with Gasteiger partial charge in [-0.15, -0.1) is 0 Å². The molecule has 5 N–H and O–H groups in total. The average Bonchev–Trinajstić information content (AvgIpc) is 2.49. The quantitative estimate of drug-likeness (QED) is 0.585. The molecular weight excluding hydrogens is 352 g/mol. The van der Waals surface area contributed by atoms with Gasteiger partial charge < -0.3 is 11.1 Å². The molecule has 0 aliphatic heterocycles. The lowest BCUT2D eigenvalue weighted by atomic mass is 9.99. The molecule has 1 aromatic carbocycles. The molecule has 0 fully saturated rings. The van der Waals surface area contributed by atoms with E-state index in [0.29, 0.717) is 16.5 Å². The fourth-order valence-electron chi connectivity index (χ4n) is 1.76. The monoisotopic (exact) mass is 370 g/mol. The summed E-state index contributed by atoms with van der Waals surface area (Å²) in [5.41, 5.74) is 10.1. The Kier molecular flexibility index (Phi) is 6.84. The summed E-state index contributed by atoms with van der Waals surface area (Å²) in [5, 5.41) is 2.37. The van der Waals surface area contributed by atoms with E-state index in [-0.39, 0.29) is 5.92 Å². The first-order valence-electron chi connectivity index (χ1n) is 6.77. The van der Waals surface area contributed by atoms with E-state index in [1.165, 1.54) is 0 Å². The predicted molar refractivity (Wildman–Crippen MR) is 85.7 cm³/mol. The second-order valence-electron chi connectivity index (χ2n) is 4.80. The standard InChI is InChI=1S/C14H19BrN4O3/c1-3-8(2)11(17-14(16)22)13(21)19-18-12(20)9-6-4-5-7-10(9)15/h4-8,11H,3H2,1-2H3,(H,18,20)(H,19,21)(H3,16,17,22). The lowest BCUT2D eigenvalue weighted by molar-refractivity contribution is -0.124. The summed E-state index contributed by atoms with van der Waals surface area (Å²) in [6, 6.07) is 5.19. The van der Waals surface area contributed by atoms with E-state index in [0.717, 1.165) is 0 Å². The van der Waals surface area contributed by atoms with Crippen molar-refractivity contribution in [3.8, 4) is 0 Å². The van der Waals surface area contributed by atoms with Crippen molar-refractivity contribution in [3.63, 3.8) is 0 Å². The van der Waals surface area contributed by atoms with Crippen molar-refractivity contribution in [2.24, 2.45) is 11.7 Å². The van der Waals surface area contributed by atoms with Crippen molar-refractivity contribution in [2.45, 2.75) is 26.3 Å². The molecule has 0 heterocycles. The summed E-state index contributed by atoms with van der Waals surface area (Å²) >= 11 is 3.25. The Balaban J connectivity index is 2.68. The maximum atomic E-state index is 12.1. The highest BCUT2D eigenvalue weighted by molar-refractivity contribution is 9.10. The molecule has 22 heavy (non-hydrogen) atoms. The highest BCUT2D eigenvalue weighted by Crippen LogP contribution is 2.15. The molecule has 0 aromatic heterocycles. The van der Waals surface area contributed by atoms with Crippen LogP contribution in [0.2, 0.25) is 0 Å². The van der Waals surface area contributed by atoms with Crippen LogP contribution in [0.1, 0.15) is 30.6 Å². The first kappa shape index (κ1) is 18.0. The van der Waals surface area contributed by atoms with E-state index < -0.39 is 23.9 Å². The molecule has 0 spiro atoms. The Bertz CT molecular complexity index is 565. The first-order chi connectivity index (χ1) is 10.4. The van der Waals surface area contributed by atoms with Crippen LogP contribution < -0.4 is 21.9 Å². The van der Waals surface area contributed by atoms with Crippen molar-refractivity contribution >= 4 is 33.8 Å². The van der Waals surface area contributed by atoms with Crippen LogP contribution in [0.25, 0.3) is 0 Å². The summed E-state index contributed by atoms with van der Waals surface area (Å²) in [7, 11) is 0. The summed E-state index contributed by atoms with van der Waals surface area (Å²) in [4.78, 5) is 35.1. The largest absolute Gasteiger partial charge is 0.352 e. The number of nitrogens with two attached hydrogens (primary N) is 1. The van der Waals surface area contributed by atoms with Crippen molar-refractivity contribution < 1.29 is 14.4 Å². The molecular formula is C14H19BrN4O3. The highest BCUT2D eigenvalue weighted by atomic mass is 79.9. The Morgan fingerprint density at radius 2 is 1.86 bits per heavy atom. The van der Waals surface area contributed by atoms with Crippen LogP contribution in [0, 0.1) is 5.92 Å². The molecule has 2 atom stereocenters. The second kappa shape index (κ2) is 8.38. The molecule has 7 nitrogen and oxygen atoms in total. The van der Waals surface area contributed by atoms with Gasteiger partial charge in [-0.05, 0) is 34.0 Å². The molecule has 0 aliphatic carbocycles. The number of carbonyl (C=O) groups is 3. The maximum Gasteiger partial charge on any atom is 0.312 e. The number of hydrogen-bond acceptors (Lipinski definition) is 3. The first-order valence-corrected chi connectivity index (χ1v) is 7.56. The van der Waals surface area contributed by atoms with Gasteiger partial charge >= 0.3 is 6.03 Å². The summed E-state index contributed by atoms with van der Waals surface area (Å²) < 4.78 is 0.607. The van der Waals surface area contributed by atoms with Gasteiger partial charge in [0, 0.05) is 4.47 Å². The lowest BCUT2D eigenvalue weighted by Crippen LogP contribution is -2.55. The average molecular weight is 371 g/mol. The Hall–Kier alpha value is -2.09. The third-order valence-electron chi connectivity index (χ3n) is 3.21. The number of amides is 4. The van der Waals surface area contributed by atoms with Gasteiger partial charge in [0.05, 0.1) is 5.56 Å². The van der Waals surface area contributed by atoms with Gasteiger partial charge in [0.1, 0.15) is 6.04 Å². The minimum Gasteiger partial charge on any atom is -0.352 e. The number of carbonyl (C=O) groups excluding carboxylic acids is 3. The van der Waals surface area contributed by atoms with Gasteiger partial charge in [-0.25, -0.2) is 4.79 Å². The summed E-state index contributed by atoms with van der Waals surface area (Å²) in [5.74, 6) is -1.13. The lowest BCUT2D eigenvalue weighted by Gasteiger charge is -2.22. The molecule has 1 aromatic rings. The maximum absolute atomic E-state index is 12.1. The van der Waals surface area contributed by atoms with Crippen LogP contribution in [0.5, 0.6) is 0 Å². The molecule has 120 valence electrons. The minimum absolute atomic E-state index is 0.132. The van der Waals surface area contributed by atoms with E-state index in [4.69, 9.17) is 5.73 Å². The van der Waals surface area contributed by atoms with E-state index in [9.17, 15) is 14.4 Å². The van der Waals surface area contributed by atoms with Gasteiger partial charge in [0.2, 0.25) is 0 Å². The fourth-order valence-corrected chi connectivity index (χ4v) is 2.23. The van der Waals surface area contributed by atoms with E-state index in [1.54, 1.807) is 31.2 Å². The molecule has 0 saturated carbocycles. The SMILES string of the molecule is CCC(C)C(NC(N)=O)C(=O)NNC(=O)c1ccccc1Br. The number of benzene rings is 1. The van der Waals surface area contributed by atoms with Crippen LogP contribution in [0.15, 0.2) is 28.7 Å². The van der Waals surface area contributed by atoms with Crippen LogP contribution in [0.4, 0.5) is 4.79 Å². The summed E-state index contributed by atoms with van der Waals surface area (Å²) in [6.07, 6.45) is 0.663. The number of nitrogens with one attached hydrogen (secondary N) is 3. The van der Waals surface area contributed by atoms with Crippen LogP contribution in [0.3, 0.4) is 0 Å². The topological polar surface area (TPSA) is 113 Å². The number of urea groups is 1. The third-order valence-corrected chi connectivity index (χ3v) is 3.90. The second-order valence-corrected chi connectivity index (χ2v) is 5.65. The van der Waals surface area contributed by atoms with Gasteiger partial charge in [-0.1, -0.05) is 32.4 Å². The molecule has 4 amide bonds. The van der Waals surface area contributed by atoms with Crippen molar-refractivity contribution in [3.05, 3.63) is 34.3 Å². The number of hydrazine groups is 1. The number of rotatable bonds is 5. The van der Waals surface area contributed by atoms with E-state index in [2.05, 4.69) is 32.1 Å². The van der Waals surface area contributed by atoms with Gasteiger partial charge in [0.15, 0.2) is 0 Å². The van der Waals surface area contributed by atoms with Crippen molar-refractivity contribution in [1.29, 1.82) is 0 Å². The molecule has 8 heteroatoms. The van der Waals surface area contributed by atoms with Crippen LogP contribution in [-0.4, -0.2) is 23.9 Å². The Morgan fingerprint density at radius 1 is 1.23 bits per heavy atom. The number of halogens is 1. The van der Waals surface area contributed by atoms with Crippen LogP contribution in [-0.2, 0) is 4.79 Å². The molecule has 0 saturated heterocycles. The predicted octanol–water partition coefficient (Wildman–Crippen LogP) is 1.29. The number of hydrogen-bond donors (Lipinski definition) is 4. The third kappa shape index (κ3) is 5.03. The van der Waals surface area contributed by atoms with E-state index in [1.807, 2.05) is 6.92 Å². The zero-order valence-electron chi connectivity index (χ0n) is 12.4. The minimum atomic E-state index is -0.818. The molecule has 0 radical (unpaired) electrons. The van der Waals surface area contributed by atoms with Crippen molar-refractivity contribution in [1.82, 2.24) is 16.2 Å². The zero-order chi connectivity index (χ0) is 16.7. The Morgan fingerprint density at radius 3 is 2.41 bits per heavy atom. The smallest absolute Gasteiger partial charge is 0.312 e. The fraction of sp³-hybridized carbons (Fsp3) is 0.357. The highest BCUT2D eigenvalue weighted by Gasteiger charge is 2.25. The van der Waals surface area contributed by atoms with Crippen molar-refractivity contribution in [2.75, 3.05) is 0 Å². The molecule has 2 unspecified atom stereocenters. The van der Waals surface area contributed by atoms with Crippen LogP contribution >= 0.6 is 15.9 Å². The van der Waals surface area contributed by atoms with Gasteiger partial charge in [-0.2, -0.15) is 0 Å².